The number of carbonyl (C=O) groups is 2. The van der Waals surface area contributed by atoms with Crippen molar-refractivity contribution in [1.29, 1.82) is 0 Å². The quantitative estimate of drug-likeness (QED) is 0.722. The van der Waals surface area contributed by atoms with Crippen molar-refractivity contribution in [3.8, 4) is 0 Å². The Kier molecular flexibility index (Phi) is 4.86. The second-order valence-corrected chi connectivity index (χ2v) is 9.15. The molecule has 2 aliphatic rings. The second kappa shape index (κ2) is 6.78. The number of carbonyl (C=O) groups excluding carboxylic acids is 2. The van der Waals surface area contributed by atoms with Gasteiger partial charge in [-0.3, -0.25) is 14.3 Å². The van der Waals surface area contributed by atoms with Gasteiger partial charge in [0.2, 0.25) is 5.91 Å². The van der Waals surface area contributed by atoms with E-state index in [0.29, 0.717) is 25.9 Å². The number of amides is 2. The Morgan fingerprint density at radius 3 is 2.28 bits per heavy atom. The Bertz CT molecular complexity index is 732. The molecule has 0 radical (unpaired) electrons. The maximum absolute atomic E-state index is 13.0. The molecule has 0 unspecified atom stereocenters. The zero-order valence-electron chi connectivity index (χ0n) is 14.4. The molecule has 0 bridgehead atoms. The number of likely N-dealkylation sites (tertiary alicyclic amines) is 2. The van der Waals surface area contributed by atoms with E-state index >= 15 is 0 Å². The maximum Gasteiger partial charge on any atom is 0.250 e. The van der Waals surface area contributed by atoms with E-state index in [1.165, 1.54) is 0 Å². The molecule has 0 saturated carbocycles. The Balaban J connectivity index is 1.70. The van der Waals surface area contributed by atoms with Crippen LogP contribution in [0.1, 0.15) is 25.7 Å². The predicted octanol–water partition coefficient (Wildman–Crippen LogP) is -0.132. The fourth-order valence-corrected chi connectivity index (χ4v) is 3.98. The molecule has 9 heteroatoms. The molecule has 8 nitrogen and oxygen atoms in total. The molecule has 0 spiro atoms. The minimum atomic E-state index is -3.16. The highest BCUT2D eigenvalue weighted by Gasteiger charge is 2.47. The van der Waals surface area contributed by atoms with Crippen LogP contribution in [0.4, 0.5) is 0 Å². The first-order valence-electron chi connectivity index (χ1n) is 8.57. The normalized spacial score (nSPS) is 20.2. The Morgan fingerprint density at radius 1 is 1.12 bits per heavy atom. The van der Waals surface area contributed by atoms with Crippen molar-refractivity contribution < 1.29 is 18.0 Å². The van der Waals surface area contributed by atoms with Crippen molar-refractivity contribution in [2.24, 2.45) is 0 Å². The third-order valence-corrected chi connectivity index (χ3v) is 6.06. The van der Waals surface area contributed by atoms with Crippen molar-refractivity contribution >= 4 is 21.7 Å². The van der Waals surface area contributed by atoms with E-state index in [-0.39, 0.29) is 24.0 Å². The van der Waals surface area contributed by atoms with Gasteiger partial charge in [0.15, 0.2) is 0 Å². The van der Waals surface area contributed by atoms with Crippen molar-refractivity contribution in [1.82, 2.24) is 19.6 Å². The number of sulfone groups is 1. The standard InChI is InChI=1S/C16H24N4O4S/c1-25(23,24)13-4-14(21)18-11-5-16(6-12-18,20-10-2-7-17-20)15(22)19-8-3-9-19/h2,7,10H,3-6,8-9,11-13H2,1H3. The first kappa shape index (κ1) is 17.9. The number of rotatable bonds is 5. The average Bonchev–Trinajstić information content (AvgIpc) is 3.05. The first-order valence-corrected chi connectivity index (χ1v) is 10.6. The summed E-state index contributed by atoms with van der Waals surface area (Å²) in [5.74, 6) is -0.235. The average molecular weight is 368 g/mol. The first-order chi connectivity index (χ1) is 11.8. The van der Waals surface area contributed by atoms with Gasteiger partial charge in [0, 0.05) is 51.2 Å². The van der Waals surface area contributed by atoms with Gasteiger partial charge in [-0.15, -0.1) is 0 Å². The second-order valence-electron chi connectivity index (χ2n) is 6.89. The molecule has 1 aromatic rings. The summed E-state index contributed by atoms with van der Waals surface area (Å²) in [6.45, 7) is 2.42. The van der Waals surface area contributed by atoms with Crippen LogP contribution in [-0.2, 0) is 25.0 Å². The smallest absolute Gasteiger partial charge is 0.250 e. The number of hydrogen-bond acceptors (Lipinski definition) is 5. The van der Waals surface area contributed by atoms with Gasteiger partial charge in [-0.2, -0.15) is 5.10 Å². The Morgan fingerprint density at radius 2 is 1.80 bits per heavy atom. The number of nitrogens with zero attached hydrogens (tertiary/aromatic N) is 4. The topological polar surface area (TPSA) is 92.6 Å². The van der Waals surface area contributed by atoms with Gasteiger partial charge in [0.1, 0.15) is 15.4 Å². The van der Waals surface area contributed by atoms with Crippen LogP contribution >= 0.6 is 0 Å². The van der Waals surface area contributed by atoms with Gasteiger partial charge in [-0.05, 0) is 25.3 Å². The zero-order valence-corrected chi connectivity index (χ0v) is 15.2. The molecule has 2 saturated heterocycles. The molecule has 0 aromatic carbocycles. The molecule has 2 amide bonds. The molecule has 1 aromatic heterocycles. The number of piperidine rings is 1. The summed E-state index contributed by atoms with van der Waals surface area (Å²) < 4.78 is 24.2. The molecular weight excluding hydrogens is 344 g/mol. The van der Waals surface area contributed by atoms with Gasteiger partial charge in [0.05, 0.1) is 5.75 Å². The number of aromatic nitrogens is 2. The molecule has 138 valence electrons. The SMILES string of the molecule is CS(=O)(=O)CCC(=O)N1CCC(C(=O)N2CCC2)(n2cccn2)CC1. The van der Waals surface area contributed by atoms with E-state index in [1.54, 1.807) is 28.0 Å². The van der Waals surface area contributed by atoms with Crippen LogP contribution in [0.5, 0.6) is 0 Å². The van der Waals surface area contributed by atoms with Gasteiger partial charge in [-0.1, -0.05) is 0 Å². The van der Waals surface area contributed by atoms with Crippen molar-refractivity contribution in [2.75, 3.05) is 38.2 Å². The van der Waals surface area contributed by atoms with Crippen molar-refractivity contribution in [3.05, 3.63) is 18.5 Å². The van der Waals surface area contributed by atoms with E-state index < -0.39 is 15.4 Å². The molecule has 0 aliphatic carbocycles. The van der Waals surface area contributed by atoms with E-state index in [2.05, 4.69) is 5.10 Å². The van der Waals surface area contributed by atoms with Gasteiger partial charge in [-0.25, -0.2) is 8.42 Å². The third kappa shape index (κ3) is 3.70. The fraction of sp³-hybridized carbons (Fsp3) is 0.688. The maximum atomic E-state index is 13.0. The predicted molar refractivity (Wildman–Crippen MR) is 91.5 cm³/mol. The summed E-state index contributed by atoms with van der Waals surface area (Å²) in [5.41, 5.74) is -0.739. The molecule has 3 rings (SSSR count). The highest BCUT2D eigenvalue weighted by molar-refractivity contribution is 7.90. The monoisotopic (exact) mass is 368 g/mol. The van der Waals surface area contributed by atoms with Crippen LogP contribution in [0.2, 0.25) is 0 Å². The Labute approximate surface area is 147 Å². The van der Waals surface area contributed by atoms with Gasteiger partial charge >= 0.3 is 0 Å². The highest BCUT2D eigenvalue weighted by atomic mass is 32.2. The van der Waals surface area contributed by atoms with Crippen LogP contribution < -0.4 is 0 Å². The van der Waals surface area contributed by atoms with Gasteiger partial charge < -0.3 is 9.80 Å². The lowest BCUT2D eigenvalue weighted by Gasteiger charge is -2.45. The molecule has 3 heterocycles. The van der Waals surface area contributed by atoms with Crippen LogP contribution in [0, 0.1) is 0 Å². The van der Waals surface area contributed by atoms with Crippen LogP contribution in [0.3, 0.4) is 0 Å². The van der Waals surface area contributed by atoms with Gasteiger partial charge in [0.25, 0.3) is 5.91 Å². The lowest BCUT2D eigenvalue weighted by Crippen LogP contribution is -2.59. The zero-order chi connectivity index (χ0) is 18.1. The summed E-state index contributed by atoms with van der Waals surface area (Å²) in [6, 6.07) is 1.80. The van der Waals surface area contributed by atoms with E-state index in [4.69, 9.17) is 0 Å². The minimum Gasteiger partial charge on any atom is -0.342 e. The largest absolute Gasteiger partial charge is 0.342 e. The minimum absolute atomic E-state index is 0.00628. The summed E-state index contributed by atoms with van der Waals surface area (Å²) >= 11 is 0. The molecule has 0 atom stereocenters. The Hall–Kier alpha value is -1.90. The highest BCUT2D eigenvalue weighted by Crippen LogP contribution is 2.33. The van der Waals surface area contributed by atoms with E-state index in [9.17, 15) is 18.0 Å². The number of hydrogen-bond donors (Lipinski definition) is 0. The third-order valence-electron chi connectivity index (χ3n) is 5.11. The van der Waals surface area contributed by atoms with Crippen LogP contribution in [0.15, 0.2) is 18.5 Å². The summed E-state index contributed by atoms with van der Waals surface area (Å²) in [6.07, 6.45) is 6.60. The summed E-state index contributed by atoms with van der Waals surface area (Å²) in [5, 5.41) is 4.30. The van der Waals surface area contributed by atoms with Crippen molar-refractivity contribution in [2.45, 2.75) is 31.2 Å². The van der Waals surface area contributed by atoms with E-state index in [1.807, 2.05) is 4.90 Å². The lowest BCUT2D eigenvalue weighted by molar-refractivity contribution is -0.150. The molecule has 25 heavy (non-hydrogen) atoms. The summed E-state index contributed by atoms with van der Waals surface area (Å²) in [7, 11) is -3.16. The van der Waals surface area contributed by atoms with Crippen LogP contribution in [-0.4, -0.2) is 78.0 Å². The lowest BCUT2D eigenvalue weighted by atomic mass is 9.85. The molecule has 2 fully saturated rings. The molecular formula is C16H24N4O4S. The molecule has 0 N–H and O–H groups in total. The van der Waals surface area contributed by atoms with Crippen LogP contribution in [0.25, 0.3) is 0 Å². The fourth-order valence-electron chi connectivity index (χ4n) is 3.43. The summed E-state index contributed by atoms with van der Waals surface area (Å²) in [4.78, 5) is 28.8. The van der Waals surface area contributed by atoms with E-state index in [0.717, 1.165) is 25.8 Å². The van der Waals surface area contributed by atoms with Crippen molar-refractivity contribution in [3.63, 3.8) is 0 Å². The molecule has 2 aliphatic heterocycles.